The molecule has 6 rings (SSSR count). The van der Waals surface area contributed by atoms with Gasteiger partial charge in [-0.05, 0) is 78.9 Å². The van der Waals surface area contributed by atoms with Gasteiger partial charge < -0.3 is 4.74 Å². The molecule has 3 aliphatic rings. The monoisotopic (exact) mass is 729 g/mol. The molecule has 3 aromatic rings. The first-order chi connectivity index (χ1) is 20.5. The fraction of sp³-hybridized carbons (Fsp3) is 0.267. The van der Waals surface area contributed by atoms with Gasteiger partial charge in [0.2, 0.25) is 0 Å². The van der Waals surface area contributed by atoms with Gasteiger partial charge in [-0.1, -0.05) is 43.5 Å². The molecule has 2 saturated carbocycles. The number of alkyl halides is 2. The number of amides is 3. The van der Waals surface area contributed by atoms with Gasteiger partial charge in [-0.15, -0.1) is 0 Å². The van der Waals surface area contributed by atoms with Crippen LogP contribution in [0.15, 0.2) is 72.8 Å². The van der Waals surface area contributed by atoms with Crippen LogP contribution in [0.2, 0.25) is 5.02 Å². The lowest BCUT2D eigenvalue weighted by Crippen LogP contribution is -2.52. The van der Waals surface area contributed by atoms with Crippen molar-refractivity contribution in [1.29, 1.82) is 0 Å². The average molecular weight is 732 g/mol. The van der Waals surface area contributed by atoms with Crippen molar-refractivity contribution in [2.24, 2.45) is 23.7 Å². The van der Waals surface area contributed by atoms with E-state index in [0.29, 0.717) is 16.5 Å². The highest BCUT2D eigenvalue weighted by molar-refractivity contribution is 9.12. The van der Waals surface area contributed by atoms with Gasteiger partial charge in [-0.25, -0.2) is 5.01 Å². The van der Waals surface area contributed by atoms with Crippen LogP contribution in [0.25, 0.3) is 0 Å². The van der Waals surface area contributed by atoms with Crippen LogP contribution in [0.1, 0.15) is 27.1 Å². The molecular formula is C30H22Br2ClN3O7. The van der Waals surface area contributed by atoms with Crippen LogP contribution in [0, 0.1) is 33.8 Å². The van der Waals surface area contributed by atoms with E-state index in [9.17, 15) is 29.3 Å². The van der Waals surface area contributed by atoms with Crippen LogP contribution in [-0.4, -0.2) is 54.6 Å². The minimum Gasteiger partial charge on any atom is -0.457 e. The number of non-ortho nitro benzene ring substituents is 1. The topological polar surface area (TPSA) is 127 Å². The van der Waals surface area contributed by atoms with Gasteiger partial charge >= 0.3 is 0 Å². The van der Waals surface area contributed by atoms with E-state index in [4.69, 9.17) is 16.3 Å². The van der Waals surface area contributed by atoms with E-state index in [-0.39, 0.29) is 38.3 Å². The summed E-state index contributed by atoms with van der Waals surface area (Å²) in [4.78, 5) is 65.2. The van der Waals surface area contributed by atoms with Crippen molar-refractivity contribution in [3.05, 3.63) is 99.1 Å². The molecule has 2 aliphatic carbocycles. The Kier molecular flexibility index (Phi) is 7.86. The van der Waals surface area contributed by atoms with Crippen molar-refractivity contribution >= 4 is 72.7 Å². The van der Waals surface area contributed by atoms with Crippen LogP contribution in [0.5, 0.6) is 11.5 Å². The molecule has 6 atom stereocenters. The number of hydrogen-bond acceptors (Lipinski definition) is 7. The first-order valence-electron chi connectivity index (χ1n) is 13.3. The summed E-state index contributed by atoms with van der Waals surface area (Å²) in [5.74, 6) is -2.65. The molecule has 0 N–H and O–H groups in total. The number of hydrazine groups is 1. The number of carbonyl (C=O) groups is 4. The number of carbonyl (C=O) groups excluding carboxylic acids is 4. The molecule has 2 bridgehead atoms. The number of fused-ring (bicyclic) bond motifs is 5. The zero-order chi connectivity index (χ0) is 30.6. The van der Waals surface area contributed by atoms with E-state index in [1.165, 1.54) is 60.7 Å². The van der Waals surface area contributed by atoms with Crippen LogP contribution in [0.3, 0.4) is 0 Å². The first kappa shape index (κ1) is 29.5. The summed E-state index contributed by atoms with van der Waals surface area (Å²) in [5, 5.41) is 13.1. The Hall–Kier alpha value is -3.61. The number of nitro groups is 1. The molecule has 1 saturated heterocycles. The number of nitro benzene ring substituents is 1. The Morgan fingerprint density at radius 2 is 1.35 bits per heavy atom. The van der Waals surface area contributed by atoms with Gasteiger partial charge in [0.05, 0.1) is 16.8 Å². The van der Waals surface area contributed by atoms with Crippen LogP contribution in [0.4, 0.5) is 5.69 Å². The van der Waals surface area contributed by atoms with Crippen molar-refractivity contribution in [1.82, 2.24) is 10.0 Å². The predicted octanol–water partition coefficient (Wildman–Crippen LogP) is 6.06. The smallest absolute Gasteiger partial charge is 0.273 e. The molecule has 1 heterocycles. The molecule has 13 heteroatoms. The molecule has 0 radical (unpaired) electrons. The lowest BCUT2D eigenvalue weighted by Gasteiger charge is -2.31. The van der Waals surface area contributed by atoms with Crippen molar-refractivity contribution in [3.63, 3.8) is 0 Å². The van der Waals surface area contributed by atoms with E-state index >= 15 is 0 Å². The number of benzene rings is 3. The predicted molar refractivity (Wildman–Crippen MR) is 162 cm³/mol. The van der Waals surface area contributed by atoms with E-state index in [1.54, 1.807) is 12.1 Å². The van der Waals surface area contributed by atoms with Gasteiger partial charge in [-0.3, -0.25) is 29.3 Å². The Bertz CT molecular complexity index is 1600. The van der Waals surface area contributed by atoms with Gasteiger partial charge in [0, 0.05) is 37.9 Å². The average Bonchev–Trinajstić information content (AvgIpc) is 3.61. The second-order valence-electron chi connectivity index (χ2n) is 10.7. The second-order valence-corrected chi connectivity index (χ2v) is 13.2. The zero-order valence-corrected chi connectivity index (χ0v) is 26.1. The zero-order valence-electron chi connectivity index (χ0n) is 22.1. The minimum atomic E-state index is -0.678. The second kappa shape index (κ2) is 11.5. The van der Waals surface area contributed by atoms with Gasteiger partial charge in [-0.2, -0.15) is 5.01 Å². The fourth-order valence-corrected chi connectivity index (χ4v) is 8.25. The number of halogens is 3. The lowest BCUT2D eigenvalue weighted by molar-refractivity contribution is -0.384. The molecule has 0 spiro atoms. The summed E-state index contributed by atoms with van der Waals surface area (Å²) in [5.41, 5.74) is 0.322. The summed E-state index contributed by atoms with van der Waals surface area (Å²) in [6, 6.07) is 17.6. The highest BCUT2D eigenvalue weighted by Gasteiger charge is 2.67. The summed E-state index contributed by atoms with van der Waals surface area (Å²) >= 11 is 13.3. The SMILES string of the molecule is O=C(CN(C(=O)c1ccc(Cl)cc1)N1C(=O)[C@@H]2[C@H]3C[C@@H]([C@H](Br)[C@H]3Br)[C@@H]2C1=O)c1ccc(Oc2ccc([N+](=O)[O-])cc2)cc1. The molecule has 0 aromatic heterocycles. The Morgan fingerprint density at radius 3 is 1.86 bits per heavy atom. The summed E-state index contributed by atoms with van der Waals surface area (Å²) in [7, 11) is 0. The maximum absolute atomic E-state index is 13.8. The Morgan fingerprint density at radius 1 is 0.860 bits per heavy atom. The van der Waals surface area contributed by atoms with Crippen molar-refractivity contribution < 1.29 is 28.8 Å². The van der Waals surface area contributed by atoms with Crippen molar-refractivity contribution in [2.75, 3.05) is 6.54 Å². The normalized spacial score (nSPS) is 25.5. The number of nitrogens with zero attached hydrogens (tertiary/aromatic N) is 3. The maximum atomic E-state index is 13.8. The summed E-state index contributed by atoms with van der Waals surface area (Å²) in [6.07, 6.45) is 0.727. The van der Waals surface area contributed by atoms with E-state index < -0.39 is 46.8 Å². The Balaban J connectivity index is 1.24. The van der Waals surface area contributed by atoms with Crippen LogP contribution >= 0.6 is 43.5 Å². The third-order valence-corrected chi connectivity index (χ3v) is 11.7. The number of Topliss-reactive ketones (excluding diaryl/α,β-unsaturated/α-hetero) is 1. The molecule has 43 heavy (non-hydrogen) atoms. The van der Waals surface area contributed by atoms with E-state index in [0.717, 1.165) is 16.4 Å². The molecule has 1 aliphatic heterocycles. The van der Waals surface area contributed by atoms with Crippen molar-refractivity contribution in [3.8, 4) is 11.5 Å². The molecular weight excluding hydrogens is 710 g/mol. The summed E-state index contributed by atoms with van der Waals surface area (Å²) in [6.45, 7) is -0.550. The molecule has 220 valence electrons. The summed E-state index contributed by atoms with van der Waals surface area (Å²) < 4.78 is 5.72. The number of ketones is 1. The lowest BCUT2D eigenvalue weighted by atomic mass is 9.81. The van der Waals surface area contributed by atoms with Gasteiger partial charge in [0.15, 0.2) is 5.78 Å². The number of imide groups is 1. The molecule has 3 fully saturated rings. The van der Waals surface area contributed by atoms with E-state index in [2.05, 4.69) is 31.9 Å². The first-order valence-corrected chi connectivity index (χ1v) is 15.5. The van der Waals surface area contributed by atoms with Crippen LogP contribution in [-0.2, 0) is 9.59 Å². The standard InChI is InChI=1S/C30H22Br2ClN3O7/c31-26-21-13-22(27(26)32)25-24(21)29(39)35(30(25)40)34(28(38)16-1-5-17(33)6-2-16)14-23(37)15-3-9-19(10-4-15)43-20-11-7-18(8-12-20)36(41)42/h1-12,21-22,24-27H,13-14H2/t21-,22-,24-,25+,26+,27+/m1/s1. The molecule has 3 aromatic carbocycles. The number of ether oxygens (including phenoxy) is 1. The van der Waals surface area contributed by atoms with Gasteiger partial charge in [0.1, 0.15) is 18.0 Å². The van der Waals surface area contributed by atoms with Crippen LogP contribution < -0.4 is 4.74 Å². The molecule has 10 nitrogen and oxygen atoms in total. The fourth-order valence-electron chi connectivity index (χ4n) is 6.25. The number of hydrogen-bond donors (Lipinski definition) is 0. The minimum absolute atomic E-state index is 0.0178. The molecule has 3 amide bonds. The highest BCUT2D eigenvalue weighted by Crippen LogP contribution is 2.60. The third kappa shape index (κ3) is 5.25. The van der Waals surface area contributed by atoms with Crippen molar-refractivity contribution in [2.45, 2.75) is 16.1 Å². The quantitative estimate of drug-likeness (QED) is 0.0907. The maximum Gasteiger partial charge on any atom is 0.273 e. The largest absolute Gasteiger partial charge is 0.457 e. The van der Waals surface area contributed by atoms with E-state index in [1.807, 2.05) is 0 Å². The van der Waals surface area contributed by atoms with Gasteiger partial charge in [0.25, 0.3) is 23.4 Å². The molecule has 0 unspecified atom stereocenters. The third-order valence-electron chi connectivity index (χ3n) is 8.28. The number of rotatable bonds is 8. The Labute approximate surface area is 267 Å². The highest BCUT2D eigenvalue weighted by atomic mass is 79.9.